The topological polar surface area (TPSA) is 65.5 Å². The molecule has 0 bridgehead atoms. The molecule has 1 aromatic rings. The number of halogens is 1. The fraction of sp³-hybridized carbons (Fsp3) is 0.625. The lowest BCUT2D eigenvalue weighted by atomic mass is 9.96. The molecule has 0 spiro atoms. The van der Waals surface area contributed by atoms with E-state index in [4.69, 9.17) is 16.7 Å². The second-order valence-electron chi connectivity index (χ2n) is 6.74. The summed E-state index contributed by atoms with van der Waals surface area (Å²) in [7, 11) is 0. The van der Waals surface area contributed by atoms with Gasteiger partial charge in [-0.25, -0.2) is 9.78 Å². The third-order valence-electron chi connectivity index (χ3n) is 3.07. The van der Waals surface area contributed by atoms with E-state index in [2.05, 4.69) is 31.1 Å². The number of hydrogen-bond donors (Lipinski definition) is 2. The Bertz CT molecular complexity index is 504. The molecule has 124 valence electrons. The summed E-state index contributed by atoms with van der Waals surface area (Å²) < 4.78 is 0. The SMILES string of the molecule is Cc1cc(C)c(NC(=O)N(CCCO)CC(C)(C)C)c(Cl)n1. The number of rotatable bonds is 5. The molecule has 0 saturated carbocycles. The highest BCUT2D eigenvalue weighted by Gasteiger charge is 2.22. The van der Waals surface area contributed by atoms with Gasteiger partial charge in [-0.05, 0) is 37.3 Å². The van der Waals surface area contributed by atoms with Gasteiger partial charge >= 0.3 is 6.03 Å². The van der Waals surface area contributed by atoms with Crippen LogP contribution in [0.2, 0.25) is 5.15 Å². The van der Waals surface area contributed by atoms with Gasteiger partial charge in [0.25, 0.3) is 0 Å². The van der Waals surface area contributed by atoms with Crippen molar-refractivity contribution in [3.05, 3.63) is 22.5 Å². The van der Waals surface area contributed by atoms with Crippen molar-refractivity contribution >= 4 is 23.3 Å². The number of nitrogens with zero attached hydrogens (tertiary/aromatic N) is 2. The van der Waals surface area contributed by atoms with Crippen LogP contribution in [0.25, 0.3) is 0 Å². The van der Waals surface area contributed by atoms with Crippen molar-refractivity contribution in [2.75, 3.05) is 25.0 Å². The van der Waals surface area contributed by atoms with E-state index >= 15 is 0 Å². The maximum absolute atomic E-state index is 12.5. The van der Waals surface area contributed by atoms with Crippen molar-refractivity contribution < 1.29 is 9.90 Å². The minimum absolute atomic E-state index is 0.0306. The van der Waals surface area contributed by atoms with Gasteiger partial charge in [0.1, 0.15) is 0 Å². The first-order valence-corrected chi connectivity index (χ1v) is 7.82. The lowest BCUT2D eigenvalue weighted by molar-refractivity contribution is 0.176. The average molecular weight is 328 g/mol. The molecule has 0 aliphatic heterocycles. The number of amides is 2. The number of aromatic nitrogens is 1. The smallest absolute Gasteiger partial charge is 0.321 e. The van der Waals surface area contributed by atoms with E-state index in [1.54, 1.807) is 4.90 Å². The van der Waals surface area contributed by atoms with Crippen LogP contribution < -0.4 is 5.32 Å². The Morgan fingerprint density at radius 3 is 2.55 bits per heavy atom. The number of urea groups is 1. The van der Waals surface area contributed by atoms with Crippen LogP contribution >= 0.6 is 11.6 Å². The zero-order chi connectivity index (χ0) is 16.9. The van der Waals surface area contributed by atoms with Crippen LogP contribution in [0, 0.1) is 19.3 Å². The molecular formula is C16H26ClN3O2. The molecule has 0 aliphatic rings. The number of carbonyl (C=O) groups is 1. The minimum atomic E-state index is -0.223. The number of carbonyl (C=O) groups excluding carboxylic acids is 1. The number of nitrogens with one attached hydrogen (secondary N) is 1. The lowest BCUT2D eigenvalue weighted by Gasteiger charge is -2.30. The lowest BCUT2D eigenvalue weighted by Crippen LogP contribution is -2.41. The van der Waals surface area contributed by atoms with Gasteiger partial charge in [0.2, 0.25) is 0 Å². The summed E-state index contributed by atoms with van der Waals surface area (Å²) in [5.74, 6) is 0. The van der Waals surface area contributed by atoms with E-state index < -0.39 is 0 Å². The molecule has 6 heteroatoms. The molecule has 22 heavy (non-hydrogen) atoms. The normalized spacial score (nSPS) is 11.4. The second-order valence-corrected chi connectivity index (χ2v) is 7.09. The van der Waals surface area contributed by atoms with Gasteiger partial charge in [-0.15, -0.1) is 0 Å². The van der Waals surface area contributed by atoms with Crippen LogP contribution in [0.15, 0.2) is 6.07 Å². The first-order valence-electron chi connectivity index (χ1n) is 7.44. The molecule has 0 unspecified atom stereocenters. The average Bonchev–Trinajstić information content (AvgIpc) is 2.37. The predicted octanol–water partition coefficient (Wildman–Crippen LogP) is 3.61. The highest BCUT2D eigenvalue weighted by atomic mass is 35.5. The summed E-state index contributed by atoms with van der Waals surface area (Å²) in [4.78, 5) is 18.4. The summed E-state index contributed by atoms with van der Waals surface area (Å²) in [6.45, 7) is 11.1. The molecule has 0 atom stereocenters. The standard InChI is InChI=1S/C16H26ClN3O2/c1-11-9-12(2)18-14(17)13(11)19-15(22)20(7-6-8-21)10-16(3,4)5/h9,21H,6-8,10H2,1-5H3,(H,19,22). The number of aliphatic hydroxyl groups is 1. The maximum atomic E-state index is 12.5. The number of aryl methyl sites for hydroxylation is 2. The second kappa shape index (κ2) is 7.79. The highest BCUT2D eigenvalue weighted by Crippen LogP contribution is 2.25. The first kappa shape index (κ1) is 18.7. The third kappa shape index (κ3) is 5.81. The Hall–Kier alpha value is -1.33. The van der Waals surface area contributed by atoms with Crippen LogP contribution in [0.5, 0.6) is 0 Å². The van der Waals surface area contributed by atoms with E-state index in [9.17, 15) is 4.79 Å². The Kier molecular flexibility index (Phi) is 6.63. The first-order chi connectivity index (χ1) is 10.1. The number of anilines is 1. The Morgan fingerprint density at radius 2 is 2.05 bits per heavy atom. The van der Waals surface area contributed by atoms with Crippen molar-refractivity contribution in [2.45, 2.75) is 41.0 Å². The zero-order valence-corrected chi connectivity index (χ0v) is 14.8. The molecule has 1 aromatic heterocycles. The number of hydrogen-bond acceptors (Lipinski definition) is 3. The molecule has 5 nitrogen and oxygen atoms in total. The number of aliphatic hydroxyl groups excluding tert-OH is 1. The maximum Gasteiger partial charge on any atom is 0.321 e. The summed E-state index contributed by atoms with van der Waals surface area (Å²) >= 11 is 6.14. The molecule has 0 aliphatic carbocycles. The fourth-order valence-corrected chi connectivity index (χ4v) is 2.54. The molecule has 1 heterocycles. The van der Waals surface area contributed by atoms with Gasteiger partial charge in [0, 0.05) is 25.4 Å². The van der Waals surface area contributed by atoms with Crippen molar-refractivity contribution in [3.8, 4) is 0 Å². The van der Waals surface area contributed by atoms with E-state index in [1.807, 2.05) is 19.9 Å². The summed E-state index contributed by atoms with van der Waals surface area (Å²) in [6, 6.07) is 1.66. The Balaban J connectivity index is 2.91. The van der Waals surface area contributed by atoms with Crippen LogP contribution in [0.4, 0.5) is 10.5 Å². The zero-order valence-electron chi connectivity index (χ0n) is 14.0. The van der Waals surface area contributed by atoms with Crippen LogP contribution in [0.1, 0.15) is 38.4 Å². The van der Waals surface area contributed by atoms with Crippen LogP contribution in [-0.4, -0.2) is 40.7 Å². The van der Waals surface area contributed by atoms with Gasteiger partial charge < -0.3 is 15.3 Å². The van der Waals surface area contributed by atoms with E-state index in [0.29, 0.717) is 30.4 Å². The molecule has 0 radical (unpaired) electrons. The van der Waals surface area contributed by atoms with E-state index in [-0.39, 0.29) is 18.1 Å². The van der Waals surface area contributed by atoms with Gasteiger partial charge in [-0.1, -0.05) is 32.4 Å². The molecule has 0 aromatic carbocycles. The summed E-state index contributed by atoms with van der Waals surface area (Å²) in [5.41, 5.74) is 2.20. The molecule has 2 N–H and O–H groups in total. The van der Waals surface area contributed by atoms with Gasteiger partial charge in [-0.3, -0.25) is 0 Å². The monoisotopic (exact) mass is 327 g/mol. The third-order valence-corrected chi connectivity index (χ3v) is 3.34. The minimum Gasteiger partial charge on any atom is -0.396 e. The largest absolute Gasteiger partial charge is 0.396 e. The fourth-order valence-electron chi connectivity index (χ4n) is 2.21. The van der Waals surface area contributed by atoms with Crippen molar-refractivity contribution in [2.24, 2.45) is 5.41 Å². The molecule has 0 saturated heterocycles. The van der Waals surface area contributed by atoms with Gasteiger partial charge in [0.15, 0.2) is 5.15 Å². The van der Waals surface area contributed by atoms with Crippen LogP contribution in [-0.2, 0) is 0 Å². The number of pyridine rings is 1. The quantitative estimate of drug-likeness (QED) is 0.812. The predicted molar refractivity (Wildman–Crippen MR) is 90.5 cm³/mol. The molecule has 2 amide bonds. The van der Waals surface area contributed by atoms with Crippen LogP contribution in [0.3, 0.4) is 0 Å². The molecular weight excluding hydrogens is 302 g/mol. The Labute approximate surface area is 137 Å². The highest BCUT2D eigenvalue weighted by molar-refractivity contribution is 6.32. The van der Waals surface area contributed by atoms with Gasteiger partial charge in [-0.2, -0.15) is 0 Å². The van der Waals surface area contributed by atoms with Crippen molar-refractivity contribution in [1.82, 2.24) is 9.88 Å². The van der Waals surface area contributed by atoms with Crippen molar-refractivity contribution in [3.63, 3.8) is 0 Å². The molecule has 0 fully saturated rings. The summed E-state index contributed by atoms with van der Waals surface area (Å²) in [5, 5.41) is 12.2. The van der Waals surface area contributed by atoms with Crippen molar-refractivity contribution in [1.29, 1.82) is 0 Å². The summed E-state index contributed by atoms with van der Waals surface area (Å²) in [6.07, 6.45) is 0.544. The molecule has 1 rings (SSSR count). The van der Waals surface area contributed by atoms with E-state index in [1.165, 1.54) is 0 Å². The van der Waals surface area contributed by atoms with Gasteiger partial charge in [0.05, 0.1) is 5.69 Å². The Morgan fingerprint density at radius 1 is 1.41 bits per heavy atom. The van der Waals surface area contributed by atoms with E-state index in [0.717, 1.165) is 11.3 Å².